The van der Waals surface area contributed by atoms with Crippen molar-refractivity contribution in [2.45, 2.75) is 6.42 Å². The highest BCUT2D eigenvalue weighted by molar-refractivity contribution is 5.86. The average molecular weight is 322 g/mol. The molecule has 7 heteroatoms. The number of aromatic amines is 1. The van der Waals surface area contributed by atoms with Crippen molar-refractivity contribution in [2.75, 3.05) is 5.73 Å². The minimum Gasteiger partial charge on any atom is -0.399 e. The topological polar surface area (TPSA) is 115 Å². The summed E-state index contributed by atoms with van der Waals surface area (Å²) in [4.78, 5) is 22.0. The van der Waals surface area contributed by atoms with Gasteiger partial charge < -0.3 is 5.73 Å². The number of nitro groups is 1. The Labute approximate surface area is 136 Å². The number of nitrogens with one attached hydrogen (secondary N) is 1. The van der Waals surface area contributed by atoms with Crippen LogP contribution < -0.4 is 11.3 Å². The number of hydrogen-bond donors (Lipinski definition) is 2. The molecule has 7 nitrogen and oxygen atoms in total. The Bertz CT molecular complexity index is 991. The lowest BCUT2D eigenvalue weighted by Crippen LogP contribution is -2.11. The fourth-order valence-corrected chi connectivity index (χ4v) is 2.41. The summed E-state index contributed by atoms with van der Waals surface area (Å²) in [6.45, 7) is 0. The van der Waals surface area contributed by atoms with Crippen molar-refractivity contribution in [3.8, 4) is 0 Å². The van der Waals surface area contributed by atoms with E-state index in [2.05, 4.69) is 10.2 Å². The maximum absolute atomic E-state index is 11.8. The first-order chi connectivity index (χ1) is 11.5. The van der Waals surface area contributed by atoms with Crippen LogP contribution in [-0.2, 0) is 6.42 Å². The standard InChI is InChI=1S/C17H14N4O3/c18-12-6-9-14-15(10-12)17(22)20-19-16(14)3-1-2-11-4-7-13(8-5-11)21(23)24/h1-2,4-10H,3,18H2,(H,20,22)/b2-1+. The van der Waals surface area contributed by atoms with E-state index in [0.717, 1.165) is 16.6 Å². The van der Waals surface area contributed by atoms with Gasteiger partial charge in [-0.1, -0.05) is 18.2 Å². The molecule has 0 amide bonds. The Kier molecular flexibility index (Phi) is 4.07. The van der Waals surface area contributed by atoms with E-state index in [4.69, 9.17) is 5.73 Å². The molecule has 120 valence electrons. The number of rotatable bonds is 4. The summed E-state index contributed by atoms with van der Waals surface area (Å²) >= 11 is 0. The van der Waals surface area contributed by atoms with Crippen molar-refractivity contribution in [3.05, 3.63) is 80.3 Å². The molecule has 3 aromatic rings. The van der Waals surface area contributed by atoms with Gasteiger partial charge in [0.15, 0.2) is 0 Å². The number of anilines is 1. The highest BCUT2D eigenvalue weighted by atomic mass is 16.6. The molecule has 24 heavy (non-hydrogen) atoms. The molecule has 2 aromatic carbocycles. The predicted octanol–water partition coefficient (Wildman–Crippen LogP) is 2.67. The largest absolute Gasteiger partial charge is 0.399 e. The number of nitro benzene ring substituents is 1. The number of nitrogen functional groups attached to an aromatic ring is 1. The lowest BCUT2D eigenvalue weighted by atomic mass is 10.1. The van der Waals surface area contributed by atoms with Crippen LogP contribution in [0.1, 0.15) is 11.3 Å². The van der Waals surface area contributed by atoms with Gasteiger partial charge >= 0.3 is 0 Å². The summed E-state index contributed by atoms with van der Waals surface area (Å²) in [6, 6.07) is 11.4. The van der Waals surface area contributed by atoms with Gasteiger partial charge in [-0.2, -0.15) is 5.10 Å². The second-order valence-electron chi connectivity index (χ2n) is 5.26. The minimum absolute atomic E-state index is 0.0537. The lowest BCUT2D eigenvalue weighted by Gasteiger charge is -2.03. The van der Waals surface area contributed by atoms with Gasteiger partial charge in [0.2, 0.25) is 0 Å². The molecular formula is C17H14N4O3. The fourth-order valence-electron chi connectivity index (χ4n) is 2.41. The lowest BCUT2D eigenvalue weighted by molar-refractivity contribution is -0.384. The number of nitrogens with zero attached hydrogens (tertiary/aromatic N) is 2. The van der Waals surface area contributed by atoms with Crippen LogP contribution in [-0.4, -0.2) is 15.1 Å². The highest BCUT2D eigenvalue weighted by Crippen LogP contribution is 2.18. The fraction of sp³-hybridized carbons (Fsp3) is 0.0588. The molecule has 0 atom stereocenters. The summed E-state index contributed by atoms with van der Waals surface area (Å²) in [7, 11) is 0. The van der Waals surface area contributed by atoms with Crippen LogP contribution in [0.25, 0.3) is 16.8 Å². The molecule has 3 N–H and O–H groups in total. The number of non-ortho nitro benzene ring substituents is 1. The normalized spacial score (nSPS) is 11.2. The summed E-state index contributed by atoms with van der Waals surface area (Å²) in [6.07, 6.45) is 4.24. The molecule has 3 rings (SSSR count). The molecule has 0 saturated carbocycles. The number of allylic oxidation sites excluding steroid dienone is 1. The van der Waals surface area contributed by atoms with Crippen LogP contribution in [0.15, 0.2) is 53.3 Å². The molecule has 0 unspecified atom stereocenters. The number of nitrogens with two attached hydrogens (primary N) is 1. The van der Waals surface area contributed by atoms with Crippen LogP contribution in [0.2, 0.25) is 0 Å². The monoisotopic (exact) mass is 322 g/mol. The molecule has 0 spiro atoms. The van der Waals surface area contributed by atoms with Crippen molar-refractivity contribution in [2.24, 2.45) is 0 Å². The van der Waals surface area contributed by atoms with E-state index in [1.165, 1.54) is 12.1 Å². The van der Waals surface area contributed by atoms with Gasteiger partial charge in [-0.3, -0.25) is 14.9 Å². The second-order valence-corrected chi connectivity index (χ2v) is 5.26. The molecule has 0 aliphatic heterocycles. The Morgan fingerprint density at radius 3 is 2.62 bits per heavy atom. The number of aromatic nitrogens is 2. The Morgan fingerprint density at radius 1 is 1.17 bits per heavy atom. The molecular weight excluding hydrogens is 308 g/mol. The maximum atomic E-state index is 11.8. The second kappa shape index (κ2) is 6.33. The summed E-state index contributed by atoms with van der Waals surface area (Å²) in [5.74, 6) is 0. The van der Waals surface area contributed by atoms with E-state index in [0.29, 0.717) is 17.5 Å². The van der Waals surface area contributed by atoms with Crippen LogP contribution in [0.5, 0.6) is 0 Å². The Balaban J connectivity index is 1.84. The zero-order chi connectivity index (χ0) is 17.1. The first kappa shape index (κ1) is 15.4. The molecule has 1 aromatic heterocycles. The highest BCUT2D eigenvalue weighted by Gasteiger charge is 2.06. The van der Waals surface area contributed by atoms with E-state index >= 15 is 0 Å². The number of fused-ring (bicyclic) bond motifs is 1. The predicted molar refractivity (Wildman–Crippen MR) is 92.6 cm³/mol. The number of hydrogen-bond acceptors (Lipinski definition) is 5. The molecule has 1 heterocycles. The third kappa shape index (κ3) is 3.14. The van der Waals surface area contributed by atoms with E-state index < -0.39 is 4.92 Å². The van der Waals surface area contributed by atoms with E-state index in [9.17, 15) is 14.9 Å². The summed E-state index contributed by atoms with van der Waals surface area (Å²) < 4.78 is 0. The first-order valence-electron chi connectivity index (χ1n) is 7.22. The van der Waals surface area contributed by atoms with Crippen LogP contribution in [0, 0.1) is 10.1 Å². The third-order valence-corrected chi connectivity index (χ3v) is 3.62. The maximum Gasteiger partial charge on any atom is 0.272 e. The van der Waals surface area contributed by atoms with E-state index in [1.807, 2.05) is 12.2 Å². The first-order valence-corrected chi connectivity index (χ1v) is 7.22. The van der Waals surface area contributed by atoms with E-state index in [-0.39, 0.29) is 11.2 Å². The molecule has 0 bridgehead atoms. The van der Waals surface area contributed by atoms with Gasteiger partial charge in [0, 0.05) is 29.6 Å². The Morgan fingerprint density at radius 2 is 1.92 bits per heavy atom. The molecule has 0 saturated heterocycles. The van der Waals surface area contributed by atoms with Gasteiger partial charge in [-0.15, -0.1) is 0 Å². The van der Waals surface area contributed by atoms with Gasteiger partial charge in [0.25, 0.3) is 11.2 Å². The molecule has 0 aliphatic rings. The van der Waals surface area contributed by atoms with Crippen LogP contribution in [0.3, 0.4) is 0 Å². The van der Waals surface area contributed by atoms with E-state index in [1.54, 1.807) is 30.3 Å². The molecule has 0 aliphatic carbocycles. The van der Waals surface area contributed by atoms with Gasteiger partial charge in [0.05, 0.1) is 16.0 Å². The van der Waals surface area contributed by atoms with Crippen LogP contribution in [0.4, 0.5) is 11.4 Å². The van der Waals surface area contributed by atoms with Crippen molar-refractivity contribution >= 4 is 28.2 Å². The van der Waals surface area contributed by atoms with Crippen molar-refractivity contribution < 1.29 is 4.92 Å². The number of benzene rings is 2. The van der Waals surface area contributed by atoms with Crippen molar-refractivity contribution in [1.29, 1.82) is 0 Å². The third-order valence-electron chi connectivity index (χ3n) is 3.62. The van der Waals surface area contributed by atoms with Crippen molar-refractivity contribution in [3.63, 3.8) is 0 Å². The average Bonchev–Trinajstić information content (AvgIpc) is 2.57. The number of H-pyrrole nitrogens is 1. The summed E-state index contributed by atoms with van der Waals surface area (Å²) in [5, 5.41) is 18.4. The van der Waals surface area contributed by atoms with Crippen LogP contribution >= 0.6 is 0 Å². The zero-order valence-electron chi connectivity index (χ0n) is 12.6. The smallest absolute Gasteiger partial charge is 0.272 e. The summed E-state index contributed by atoms with van der Waals surface area (Å²) in [5.41, 5.74) is 7.58. The van der Waals surface area contributed by atoms with Gasteiger partial charge in [0.1, 0.15) is 0 Å². The SMILES string of the molecule is Nc1ccc2c(C/C=C/c3ccc([N+](=O)[O-])cc3)n[nH]c(=O)c2c1. The zero-order valence-corrected chi connectivity index (χ0v) is 12.6. The van der Waals surface area contributed by atoms with Gasteiger partial charge in [-0.05, 0) is 29.8 Å². The van der Waals surface area contributed by atoms with Crippen molar-refractivity contribution in [1.82, 2.24) is 10.2 Å². The Hall–Kier alpha value is -3.48. The molecule has 0 radical (unpaired) electrons. The minimum atomic E-state index is -0.435. The quantitative estimate of drug-likeness (QED) is 0.435. The van der Waals surface area contributed by atoms with Gasteiger partial charge in [-0.25, -0.2) is 5.10 Å². The molecule has 0 fully saturated rings.